The minimum absolute atomic E-state index is 0.00885. The molecule has 1 heterocycles. The third kappa shape index (κ3) is 4.99. The van der Waals surface area contributed by atoms with Gasteiger partial charge in [-0.15, -0.1) is 0 Å². The summed E-state index contributed by atoms with van der Waals surface area (Å²) in [5.41, 5.74) is -0.976. The van der Waals surface area contributed by atoms with Gasteiger partial charge in [0.25, 0.3) is 0 Å². The van der Waals surface area contributed by atoms with Crippen LogP contribution in [-0.2, 0) is 11.0 Å². The van der Waals surface area contributed by atoms with Crippen molar-refractivity contribution >= 4 is 23.4 Å². The van der Waals surface area contributed by atoms with E-state index in [1.165, 1.54) is 23.9 Å². The molecule has 0 aliphatic rings. The average Bonchev–Trinajstić information content (AvgIpc) is 3.06. The van der Waals surface area contributed by atoms with Crippen LogP contribution in [0.15, 0.2) is 62.9 Å². The molecule has 0 saturated heterocycles. The minimum Gasteiger partial charge on any atom is -0.497 e. The smallest absolute Gasteiger partial charge is 0.442 e. The topological polar surface area (TPSA) is 88.2 Å². The van der Waals surface area contributed by atoms with Crippen molar-refractivity contribution in [2.45, 2.75) is 11.2 Å². The number of alkyl halides is 3. The number of H-pyrrole nitrogens is 1. The number of hydrogen-bond acceptors (Lipinski definition) is 5. The molecule has 0 spiro atoms. The Balaban J connectivity index is 1.69. The average molecular weight is 426 g/mol. The van der Waals surface area contributed by atoms with Gasteiger partial charge in [0.2, 0.25) is 11.6 Å². The van der Waals surface area contributed by atoms with Crippen molar-refractivity contribution < 1.29 is 31.9 Å². The van der Waals surface area contributed by atoms with Gasteiger partial charge < -0.3 is 10.1 Å². The fourth-order valence-corrected chi connectivity index (χ4v) is 3.16. The van der Waals surface area contributed by atoms with Crippen molar-refractivity contribution in [3.8, 4) is 11.4 Å². The molecule has 11 heteroatoms. The number of nitrogens with one attached hydrogen (secondary N) is 2. The maximum atomic E-state index is 12.8. The second kappa shape index (κ2) is 8.43. The lowest BCUT2D eigenvalue weighted by Gasteiger charge is -2.09. The number of carbonyl (C=O) groups is 1. The van der Waals surface area contributed by atoms with Gasteiger partial charge in [-0.05, 0) is 52.0 Å². The van der Waals surface area contributed by atoms with Crippen LogP contribution in [0.4, 0.5) is 18.9 Å². The number of amides is 1. The number of nitrogens with zero attached hydrogens (tertiary/aromatic N) is 1. The Morgan fingerprint density at radius 3 is 2.62 bits per heavy atom. The molecule has 7 nitrogen and oxygen atoms in total. The van der Waals surface area contributed by atoms with Crippen LogP contribution in [-0.4, -0.2) is 24.0 Å². The van der Waals surface area contributed by atoms with E-state index in [0.717, 1.165) is 23.9 Å². The van der Waals surface area contributed by atoms with E-state index in [1.807, 2.05) is 0 Å². The van der Waals surface area contributed by atoms with Crippen LogP contribution < -0.4 is 20.4 Å². The van der Waals surface area contributed by atoms with E-state index >= 15 is 0 Å². The first-order valence-electron chi connectivity index (χ1n) is 8.16. The van der Waals surface area contributed by atoms with Crippen molar-refractivity contribution in [1.82, 2.24) is 5.27 Å². The predicted octanol–water partition coefficient (Wildman–Crippen LogP) is 3.00. The minimum atomic E-state index is -4.51. The van der Waals surface area contributed by atoms with Gasteiger partial charge in [0.1, 0.15) is 5.75 Å². The third-order valence-electron chi connectivity index (χ3n) is 3.75. The Labute approximate surface area is 166 Å². The van der Waals surface area contributed by atoms with Crippen LogP contribution >= 0.6 is 11.8 Å². The molecule has 2 N–H and O–H groups in total. The quantitative estimate of drug-likeness (QED) is 0.467. The zero-order valence-electron chi connectivity index (χ0n) is 14.9. The van der Waals surface area contributed by atoms with E-state index in [4.69, 9.17) is 9.26 Å². The highest BCUT2D eigenvalue weighted by molar-refractivity contribution is 7.99. The molecule has 0 radical (unpaired) electrons. The normalized spacial score (nSPS) is 11.3. The summed E-state index contributed by atoms with van der Waals surface area (Å²) in [6, 6.07) is 11.0. The van der Waals surface area contributed by atoms with E-state index in [9.17, 15) is 22.8 Å². The van der Waals surface area contributed by atoms with Gasteiger partial charge in [-0.3, -0.25) is 9.32 Å². The molecular weight excluding hydrogens is 411 g/mol. The molecule has 0 unspecified atom stereocenters. The summed E-state index contributed by atoms with van der Waals surface area (Å²) < 4.78 is 49.5. The molecule has 29 heavy (non-hydrogen) atoms. The largest absolute Gasteiger partial charge is 0.497 e. The first-order valence-corrected chi connectivity index (χ1v) is 9.14. The lowest BCUT2D eigenvalue weighted by molar-refractivity contribution is -0.704. The van der Waals surface area contributed by atoms with Gasteiger partial charge in [0.15, 0.2) is 0 Å². The van der Waals surface area contributed by atoms with Gasteiger partial charge in [-0.1, -0.05) is 6.07 Å². The van der Waals surface area contributed by atoms with Gasteiger partial charge in [-0.2, -0.15) is 13.2 Å². The first-order chi connectivity index (χ1) is 13.8. The summed E-state index contributed by atoms with van der Waals surface area (Å²) in [5.74, 6) is -0.166. The third-order valence-corrected chi connectivity index (χ3v) is 4.78. The zero-order chi connectivity index (χ0) is 21.0. The number of hydrogen-bond donors (Lipinski definition) is 2. The summed E-state index contributed by atoms with van der Waals surface area (Å²) >= 11 is 0.882. The molecule has 3 rings (SSSR count). The van der Waals surface area contributed by atoms with Crippen molar-refractivity contribution in [2.24, 2.45) is 0 Å². The van der Waals surface area contributed by atoms with Gasteiger partial charge in [0, 0.05) is 17.8 Å². The van der Waals surface area contributed by atoms with Crippen molar-refractivity contribution in [1.29, 1.82) is 0 Å². The Bertz CT molecular complexity index is 1060. The Kier molecular flexibility index (Phi) is 5.97. The van der Waals surface area contributed by atoms with Crippen LogP contribution in [0, 0.1) is 0 Å². The number of methoxy groups -OCH3 is 1. The van der Waals surface area contributed by atoms with E-state index in [2.05, 4.69) is 10.6 Å². The maximum Gasteiger partial charge on any atom is 0.442 e. The molecule has 1 amide bonds. The lowest BCUT2D eigenvalue weighted by atomic mass is 10.2. The summed E-state index contributed by atoms with van der Waals surface area (Å²) in [6.07, 6.45) is -4.51. The van der Waals surface area contributed by atoms with Crippen LogP contribution in [0.25, 0.3) is 5.69 Å². The number of carbonyl (C=O) groups excluding carboxylic acids is 1. The highest BCUT2D eigenvalue weighted by atomic mass is 32.2. The highest BCUT2D eigenvalue weighted by Crippen LogP contribution is 2.30. The number of benzene rings is 2. The molecule has 0 aliphatic heterocycles. The highest BCUT2D eigenvalue weighted by Gasteiger charge is 2.30. The van der Waals surface area contributed by atoms with Crippen LogP contribution in [0.1, 0.15) is 5.56 Å². The van der Waals surface area contributed by atoms with E-state index in [1.54, 1.807) is 24.3 Å². The molecule has 0 atom stereocenters. The fraction of sp³-hybridized carbons (Fsp3) is 0.167. The van der Waals surface area contributed by atoms with E-state index in [-0.39, 0.29) is 16.5 Å². The molecule has 152 valence electrons. The molecule has 3 aromatic rings. The Morgan fingerprint density at radius 1 is 1.24 bits per heavy atom. The summed E-state index contributed by atoms with van der Waals surface area (Å²) in [4.78, 5) is 24.1. The number of rotatable bonds is 6. The van der Waals surface area contributed by atoms with Crippen LogP contribution in [0.2, 0.25) is 0 Å². The Morgan fingerprint density at radius 2 is 1.97 bits per heavy atom. The molecule has 0 aliphatic carbocycles. The maximum absolute atomic E-state index is 12.8. The number of thioether (sulfide) groups is 1. The zero-order valence-corrected chi connectivity index (χ0v) is 15.8. The van der Waals surface area contributed by atoms with Crippen molar-refractivity contribution in [3.05, 3.63) is 64.5 Å². The number of aromatic nitrogens is 2. The second-order valence-electron chi connectivity index (χ2n) is 5.73. The molecule has 0 fully saturated rings. The summed E-state index contributed by atoms with van der Waals surface area (Å²) in [7, 11) is 1.52. The number of halogens is 3. The molecular formula is C18H15F3N3O4S+. The summed E-state index contributed by atoms with van der Waals surface area (Å²) in [5, 5.41) is 4.92. The van der Waals surface area contributed by atoms with E-state index in [0.29, 0.717) is 11.4 Å². The number of ether oxygens (including phenoxy) is 1. The monoisotopic (exact) mass is 426 g/mol. The molecule has 0 bridgehead atoms. The van der Waals surface area contributed by atoms with Crippen LogP contribution in [0.3, 0.4) is 0 Å². The molecule has 2 aromatic carbocycles. The summed E-state index contributed by atoms with van der Waals surface area (Å²) in [6.45, 7) is 0. The standard InChI is InChI=1S/C18H14F3N3O4S/c1-27-14-7-5-13(6-8-14)24-16(17(26)28-23-24)29-10-15(25)22-12-4-2-3-11(9-12)18(19,20)21/h2-9H,10H2,1H3,(H-,22,23,25,26)/p+1. The van der Waals surface area contributed by atoms with Gasteiger partial charge in [-0.25, -0.2) is 4.79 Å². The first kappa shape index (κ1) is 20.5. The van der Waals surface area contributed by atoms with Crippen molar-refractivity contribution in [2.75, 3.05) is 18.2 Å². The SMILES string of the molecule is COc1ccc(-[n+]2[nH]oc(=O)c2SCC(=O)Nc2cccc(C(F)(F)F)c2)cc1. The Hall–Kier alpha value is -3.21. The second-order valence-corrected chi connectivity index (χ2v) is 6.70. The fourth-order valence-electron chi connectivity index (χ4n) is 2.39. The van der Waals surface area contributed by atoms with E-state index < -0.39 is 23.3 Å². The predicted molar refractivity (Wildman–Crippen MR) is 98.2 cm³/mol. The lowest BCUT2D eigenvalue weighted by Crippen LogP contribution is -2.36. The molecule has 1 aromatic heterocycles. The van der Waals surface area contributed by atoms with Gasteiger partial charge in [0.05, 0.1) is 18.4 Å². The number of aromatic amines is 1. The molecule has 0 saturated carbocycles. The number of anilines is 1. The van der Waals surface area contributed by atoms with Crippen LogP contribution in [0.5, 0.6) is 5.75 Å². The van der Waals surface area contributed by atoms with Crippen molar-refractivity contribution in [3.63, 3.8) is 0 Å². The van der Waals surface area contributed by atoms with Gasteiger partial charge >= 0.3 is 16.8 Å².